The van der Waals surface area contributed by atoms with Gasteiger partial charge in [0.15, 0.2) is 0 Å². The first-order valence-corrected chi connectivity index (χ1v) is 9.97. The number of aromatic nitrogens is 1. The quantitative estimate of drug-likeness (QED) is 0.607. The Morgan fingerprint density at radius 3 is 2.00 bits per heavy atom. The molecule has 0 atom stereocenters. The zero-order chi connectivity index (χ0) is 26.1. The molecule has 1 saturated heterocycles. The number of carboxylic acid groups (broad SMARTS) is 2. The summed E-state index contributed by atoms with van der Waals surface area (Å²) in [5.41, 5.74) is 3.65. The largest absolute Gasteiger partial charge is 0.490 e. The predicted octanol–water partition coefficient (Wildman–Crippen LogP) is 3.95. The van der Waals surface area contributed by atoms with Crippen LogP contribution in [-0.4, -0.2) is 82.5 Å². The van der Waals surface area contributed by atoms with Gasteiger partial charge in [-0.2, -0.15) is 26.3 Å². The Morgan fingerprint density at radius 2 is 1.47 bits per heavy atom. The number of aryl methyl sites for hydroxylation is 1. The molecular formula is C21H25F6N3O4. The molecule has 0 saturated carbocycles. The lowest BCUT2D eigenvalue weighted by molar-refractivity contribution is -0.193. The normalized spacial score (nSPS) is 15.4. The molecule has 0 radical (unpaired) electrons. The van der Waals surface area contributed by atoms with E-state index in [1.54, 1.807) is 0 Å². The number of likely N-dealkylation sites (N-methyl/N-ethyl adjacent to an activating group) is 1. The molecule has 1 aromatic carbocycles. The number of aliphatic carboxylic acids is 2. The maximum absolute atomic E-state index is 10.6. The third-order valence-corrected chi connectivity index (χ3v) is 4.62. The SMILES string of the molecule is Cc1cc(CN2CCCN(C)CC2)c2ccccc2n1.O=C(O)C(F)(F)F.O=C(O)C(F)(F)F. The Morgan fingerprint density at radius 1 is 0.941 bits per heavy atom. The molecule has 0 unspecified atom stereocenters. The summed E-state index contributed by atoms with van der Waals surface area (Å²) >= 11 is 0. The standard InChI is InChI=1S/C17H23N3.2C2HF3O2/c1-14-12-15(16-6-3-4-7-17(16)18-14)13-20-9-5-8-19(2)10-11-20;2*3-2(4,5)1(6)7/h3-4,6-7,12H,5,8-11,13H2,1-2H3;2*(H,6,7). The lowest BCUT2D eigenvalue weighted by atomic mass is 10.1. The molecule has 0 spiro atoms. The van der Waals surface area contributed by atoms with Gasteiger partial charge in [0.1, 0.15) is 0 Å². The number of nitrogens with zero attached hydrogens (tertiary/aromatic N) is 3. The van der Waals surface area contributed by atoms with E-state index in [4.69, 9.17) is 19.8 Å². The third kappa shape index (κ3) is 10.3. The lowest BCUT2D eigenvalue weighted by Crippen LogP contribution is -2.28. The average Bonchev–Trinajstić information content (AvgIpc) is 2.91. The Balaban J connectivity index is 0.000000343. The number of halogens is 6. The van der Waals surface area contributed by atoms with Gasteiger partial charge in [-0.05, 0) is 51.2 Å². The molecular weight excluding hydrogens is 472 g/mol. The molecule has 1 aliphatic rings. The number of benzene rings is 1. The predicted molar refractivity (Wildman–Crippen MR) is 111 cm³/mol. The van der Waals surface area contributed by atoms with Crippen LogP contribution in [0.2, 0.25) is 0 Å². The van der Waals surface area contributed by atoms with Crippen LogP contribution >= 0.6 is 0 Å². The topological polar surface area (TPSA) is 94.0 Å². The number of carboxylic acids is 2. The van der Waals surface area contributed by atoms with Gasteiger partial charge in [0, 0.05) is 30.7 Å². The Labute approximate surface area is 191 Å². The van der Waals surface area contributed by atoms with Crippen LogP contribution in [0.15, 0.2) is 30.3 Å². The van der Waals surface area contributed by atoms with E-state index in [0.717, 1.165) is 24.3 Å². The first-order valence-electron chi connectivity index (χ1n) is 9.97. The zero-order valence-corrected chi connectivity index (χ0v) is 18.4. The molecule has 1 fully saturated rings. The molecule has 0 amide bonds. The van der Waals surface area contributed by atoms with Crippen LogP contribution in [0, 0.1) is 6.92 Å². The van der Waals surface area contributed by atoms with Crippen LogP contribution in [0.3, 0.4) is 0 Å². The van der Waals surface area contributed by atoms with Crippen molar-refractivity contribution in [3.63, 3.8) is 0 Å². The number of alkyl halides is 6. The Bertz CT molecular complexity index is 942. The van der Waals surface area contributed by atoms with Gasteiger partial charge in [0.2, 0.25) is 0 Å². The maximum Gasteiger partial charge on any atom is 0.490 e. The fraction of sp³-hybridized carbons (Fsp3) is 0.476. The number of rotatable bonds is 2. The molecule has 1 aliphatic heterocycles. The summed E-state index contributed by atoms with van der Waals surface area (Å²) in [5, 5.41) is 15.6. The van der Waals surface area contributed by atoms with E-state index >= 15 is 0 Å². The molecule has 190 valence electrons. The van der Waals surface area contributed by atoms with E-state index in [1.165, 1.54) is 37.0 Å². The summed E-state index contributed by atoms with van der Waals surface area (Å²) in [6.45, 7) is 7.87. The number of fused-ring (bicyclic) bond motifs is 1. The van der Waals surface area contributed by atoms with E-state index in [0.29, 0.717) is 0 Å². The number of carbonyl (C=O) groups is 2. The number of pyridine rings is 1. The molecule has 0 aliphatic carbocycles. The van der Waals surface area contributed by atoms with Crippen molar-refractivity contribution in [2.45, 2.75) is 32.2 Å². The molecule has 2 heterocycles. The fourth-order valence-corrected chi connectivity index (χ4v) is 3.02. The number of para-hydroxylation sites is 1. The number of hydrogen-bond acceptors (Lipinski definition) is 5. The molecule has 13 heteroatoms. The van der Waals surface area contributed by atoms with Crippen molar-refractivity contribution in [2.75, 3.05) is 33.2 Å². The van der Waals surface area contributed by atoms with Crippen LogP contribution in [-0.2, 0) is 16.1 Å². The molecule has 1 aromatic heterocycles. The highest BCUT2D eigenvalue weighted by atomic mass is 19.4. The summed E-state index contributed by atoms with van der Waals surface area (Å²) in [6, 6.07) is 10.7. The number of hydrogen-bond donors (Lipinski definition) is 2. The van der Waals surface area contributed by atoms with Crippen molar-refractivity contribution < 1.29 is 46.1 Å². The van der Waals surface area contributed by atoms with Gasteiger partial charge in [-0.25, -0.2) is 9.59 Å². The minimum atomic E-state index is -5.08. The first-order chi connectivity index (χ1) is 15.6. The zero-order valence-electron chi connectivity index (χ0n) is 18.4. The average molecular weight is 497 g/mol. The Kier molecular flexibility index (Phi) is 10.7. The monoisotopic (exact) mass is 497 g/mol. The van der Waals surface area contributed by atoms with Crippen molar-refractivity contribution >= 4 is 22.8 Å². The summed E-state index contributed by atoms with van der Waals surface area (Å²) in [7, 11) is 2.22. The van der Waals surface area contributed by atoms with Crippen LogP contribution in [0.5, 0.6) is 0 Å². The summed E-state index contributed by atoms with van der Waals surface area (Å²) in [4.78, 5) is 27.4. The second-order valence-corrected chi connectivity index (χ2v) is 7.48. The van der Waals surface area contributed by atoms with Gasteiger partial charge in [-0.1, -0.05) is 18.2 Å². The summed E-state index contributed by atoms with van der Waals surface area (Å²) in [6.07, 6.45) is -8.90. The second kappa shape index (κ2) is 12.5. The molecule has 7 nitrogen and oxygen atoms in total. The van der Waals surface area contributed by atoms with Crippen LogP contribution in [0.1, 0.15) is 17.7 Å². The van der Waals surface area contributed by atoms with E-state index < -0.39 is 24.3 Å². The van der Waals surface area contributed by atoms with Crippen LogP contribution in [0.25, 0.3) is 10.9 Å². The van der Waals surface area contributed by atoms with E-state index in [9.17, 15) is 26.3 Å². The molecule has 34 heavy (non-hydrogen) atoms. The highest BCUT2D eigenvalue weighted by molar-refractivity contribution is 5.82. The Hall–Kier alpha value is -2.93. The van der Waals surface area contributed by atoms with Gasteiger partial charge < -0.3 is 15.1 Å². The van der Waals surface area contributed by atoms with Crippen LogP contribution < -0.4 is 0 Å². The van der Waals surface area contributed by atoms with Gasteiger partial charge >= 0.3 is 24.3 Å². The molecule has 2 N–H and O–H groups in total. The van der Waals surface area contributed by atoms with Crippen molar-refractivity contribution in [1.82, 2.24) is 14.8 Å². The molecule has 2 aromatic rings. The van der Waals surface area contributed by atoms with Crippen molar-refractivity contribution in [3.8, 4) is 0 Å². The minimum absolute atomic E-state index is 1.04. The van der Waals surface area contributed by atoms with Gasteiger partial charge in [0.05, 0.1) is 5.52 Å². The molecule has 0 bridgehead atoms. The van der Waals surface area contributed by atoms with E-state index in [-0.39, 0.29) is 0 Å². The van der Waals surface area contributed by atoms with E-state index in [1.807, 2.05) is 0 Å². The van der Waals surface area contributed by atoms with Crippen molar-refractivity contribution in [3.05, 3.63) is 41.6 Å². The first kappa shape index (κ1) is 29.1. The smallest absolute Gasteiger partial charge is 0.475 e. The second-order valence-electron chi connectivity index (χ2n) is 7.48. The third-order valence-electron chi connectivity index (χ3n) is 4.62. The molecule has 3 rings (SSSR count). The van der Waals surface area contributed by atoms with Crippen LogP contribution in [0.4, 0.5) is 26.3 Å². The van der Waals surface area contributed by atoms with Gasteiger partial charge in [-0.3, -0.25) is 9.88 Å². The van der Waals surface area contributed by atoms with Crippen molar-refractivity contribution in [1.29, 1.82) is 0 Å². The van der Waals surface area contributed by atoms with E-state index in [2.05, 4.69) is 59.1 Å². The minimum Gasteiger partial charge on any atom is -0.475 e. The highest BCUT2D eigenvalue weighted by Gasteiger charge is 2.38. The maximum atomic E-state index is 10.6. The summed E-state index contributed by atoms with van der Waals surface area (Å²) < 4.78 is 63.5. The fourth-order valence-electron chi connectivity index (χ4n) is 3.02. The summed E-state index contributed by atoms with van der Waals surface area (Å²) in [5.74, 6) is -5.51. The van der Waals surface area contributed by atoms with Gasteiger partial charge in [0.25, 0.3) is 0 Å². The van der Waals surface area contributed by atoms with Gasteiger partial charge in [-0.15, -0.1) is 0 Å². The van der Waals surface area contributed by atoms with Crippen molar-refractivity contribution in [2.24, 2.45) is 0 Å². The highest BCUT2D eigenvalue weighted by Crippen LogP contribution is 2.20. The lowest BCUT2D eigenvalue weighted by Gasteiger charge is -2.21.